The number of hydrogen-bond acceptors (Lipinski definition) is 2. The van der Waals surface area contributed by atoms with E-state index in [4.69, 9.17) is 0 Å². The first-order valence-corrected chi connectivity index (χ1v) is 11.1. The van der Waals surface area contributed by atoms with E-state index in [9.17, 15) is 5.11 Å². The fourth-order valence-electron chi connectivity index (χ4n) is 5.73. The molecule has 3 saturated heterocycles. The molecular formula is C28H27NO. The number of fused-ring (bicyclic) bond motifs is 5. The van der Waals surface area contributed by atoms with Crippen LogP contribution in [0.3, 0.4) is 0 Å². The number of aliphatic hydroxyl groups is 1. The van der Waals surface area contributed by atoms with E-state index in [2.05, 4.69) is 83.8 Å². The average Bonchev–Trinajstić information content (AvgIpc) is 2.83. The lowest BCUT2D eigenvalue weighted by Gasteiger charge is -2.49. The number of nitrogens with zero attached hydrogens (tertiary/aromatic N) is 1. The molecule has 1 unspecified atom stereocenters. The van der Waals surface area contributed by atoms with Crippen LogP contribution in [-0.4, -0.2) is 29.6 Å². The van der Waals surface area contributed by atoms with Crippen LogP contribution in [0.1, 0.15) is 42.1 Å². The average molecular weight is 394 g/mol. The van der Waals surface area contributed by atoms with Crippen LogP contribution in [0.5, 0.6) is 0 Å². The summed E-state index contributed by atoms with van der Waals surface area (Å²) in [6.07, 6.45) is 2.98. The lowest BCUT2D eigenvalue weighted by atomic mass is 9.65. The largest absolute Gasteiger partial charge is 0.384 e. The first-order chi connectivity index (χ1) is 14.7. The zero-order valence-electron chi connectivity index (χ0n) is 17.2. The van der Waals surface area contributed by atoms with Gasteiger partial charge in [-0.2, -0.15) is 0 Å². The van der Waals surface area contributed by atoms with Gasteiger partial charge >= 0.3 is 0 Å². The molecule has 2 heteroatoms. The molecule has 0 aromatic heterocycles. The highest BCUT2D eigenvalue weighted by molar-refractivity contribution is 5.85. The molecule has 150 valence electrons. The molecule has 30 heavy (non-hydrogen) atoms. The molecule has 0 radical (unpaired) electrons. The molecule has 0 spiro atoms. The van der Waals surface area contributed by atoms with E-state index >= 15 is 0 Å². The number of piperidine rings is 3. The summed E-state index contributed by atoms with van der Waals surface area (Å²) in [5, 5.41) is 16.5. The number of hydrogen-bond donors (Lipinski definition) is 1. The second kappa shape index (κ2) is 6.94. The first kappa shape index (κ1) is 18.1. The van der Waals surface area contributed by atoms with Crippen LogP contribution >= 0.6 is 0 Å². The van der Waals surface area contributed by atoms with Crippen LogP contribution in [0.25, 0.3) is 21.5 Å². The van der Waals surface area contributed by atoms with Gasteiger partial charge in [-0.1, -0.05) is 66.7 Å². The Hall–Kier alpha value is -2.68. The molecule has 3 heterocycles. The van der Waals surface area contributed by atoms with Crippen molar-refractivity contribution in [3.05, 3.63) is 95.6 Å². The summed E-state index contributed by atoms with van der Waals surface area (Å²) in [6, 6.07) is 28.0. The van der Waals surface area contributed by atoms with E-state index < -0.39 is 6.10 Å². The normalized spacial score (nSPS) is 24.4. The van der Waals surface area contributed by atoms with Crippen LogP contribution in [0.2, 0.25) is 0 Å². The molecule has 0 saturated carbocycles. The van der Waals surface area contributed by atoms with E-state index in [-0.39, 0.29) is 5.41 Å². The van der Waals surface area contributed by atoms with Gasteiger partial charge in [0.1, 0.15) is 6.10 Å². The Balaban J connectivity index is 1.53. The van der Waals surface area contributed by atoms with Crippen molar-refractivity contribution < 1.29 is 5.11 Å². The number of benzene rings is 4. The van der Waals surface area contributed by atoms with E-state index in [1.807, 2.05) is 0 Å². The molecule has 7 rings (SSSR count). The van der Waals surface area contributed by atoms with Crippen molar-refractivity contribution in [2.45, 2.75) is 30.8 Å². The third-order valence-corrected chi connectivity index (χ3v) is 7.59. The van der Waals surface area contributed by atoms with Gasteiger partial charge in [-0.05, 0) is 94.7 Å². The maximum atomic E-state index is 11.6. The van der Waals surface area contributed by atoms with E-state index in [1.54, 1.807) is 0 Å². The van der Waals surface area contributed by atoms with Crippen molar-refractivity contribution in [1.29, 1.82) is 0 Å². The molecule has 4 aromatic rings. The minimum atomic E-state index is -0.608. The molecule has 2 nitrogen and oxygen atoms in total. The van der Waals surface area contributed by atoms with Crippen molar-refractivity contribution in [2.75, 3.05) is 19.6 Å². The molecule has 3 aliphatic heterocycles. The van der Waals surface area contributed by atoms with Crippen LogP contribution in [0.4, 0.5) is 0 Å². The van der Waals surface area contributed by atoms with Gasteiger partial charge in [0.25, 0.3) is 0 Å². The van der Waals surface area contributed by atoms with Crippen molar-refractivity contribution in [2.24, 2.45) is 0 Å². The van der Waals surface area contributed by atoms with Crippen molar-refractivity contribution in [3.63, 3.8) is 0 Å². The molecule has 0 amide bonds. The molecule has 1 atom stereocenters. The second-order valence-corrected chi connectivity index (χ2v) is 9.17. The Bertz CT molecular complexity index is 1220. The number of aliphatic hydroxyl groups excluding tert-OH is 1. The minimum absolute atomic E-state index is 0.200. The quantitative estimate of drug-likeness (QED) is 0.475. The van der Waals surface area contributed by atoms with Gasteiger partial charge < -0.3 is 10.0 Å². The fraction of sp³-hybridized carbons (Fsp3) is 0.286. The lowest BCUT2D eigenvalue weighted by molar-refractivity contribution is 0.0796. The predicted molar refractivity (Wildman–Crippen MR) is 124 cm³/mol. The summed E-state index contributed by atoms with van der Waals surface area (Å²) >= 11 is 0. The van der Waals surface area contributed by atoms with E-state index in [0.29, 0.717) is 0 Å². The zero-order chi connectivity index (χ0) is 20.1. The van der Waals surface area contributed by atoms with E-state index in [1.165, 1.54) is 66.0 Å². The van der Waals surface area contributed by atoms with Crippen LogP contribution in [0, 0.1) is 0 Å². The number of rotatable bonds is 3. The van der Waals surface area contributed by atoms with Gasteiger partial charge in [-0.15, -0.1) is 0 Å². The third-order valence-electron chi connectivity index (χ3n) is 7.59. The smallest absolute Gasteiger partial charge is 0.104 e. The Labute approximate surface area is 177 Å². The maximum absolute atomic E-state index is 11.6. The summed E-state index contributed by atoms with van der Waals surface area (Å²) < 4.78 is 0. The summed E-state index contributed by atoms with van der Waals surface area (Å²) in [6.45, 7) is 3.54. The summed E-state index contributed by atoms with van der Waals surface area (Å²) in [4.78, 5) is 2.59. The molecule has 2 bridgehead atoms. The Morgan fingerprint density at radius 2 is 1.23 bits per heavy atom. The Morgan fingerprint density at radius 3 is 1.90 bits per heavy atom. The molecule has 4 aromatic carbocycles. The summed E-state index contributed by atoms with van der Waals surface area (Å²) in [7, 11) is 0. The van der Waals surface area contributed by atoms with Crippen molar-refractivity contribution in [1.82, 2.24) is 4.90 Å². The fourth-order valence-corrected chi connectivity index (χ4v) is 5.73. The monoisotopic (exact) mass is 393 g/mol. The molecule has 0 aliphatic carbocycles. The lowest BCUT2D eigenvalue weighted by Crippen LogP contribution is -2.50. The standard InChI is InChI=1S/C28H27NO/c30-27(24-10-9-20-5-1-2-6-21(20)17-24)25-18-22-7-3-4-8-23(22)19-26(25)28-11-14-29(15-12-28)16-13-28/h1-10,17-19,27,30H,11-16H2. The third kappa shape index (κ3) is 2.86. The van der Waals surface area contributed by atoms with Gasteiger partial charge in [0.05, 0.1) is 0 Å². The zero-order valence-corrected chi connectivity index (χ0v) is 17.2. The second-order valence-electron chi connectivity index (χ2n) is 9.17. The highest BCUT2D eigenvalue weighted by atomic mass is 16.3. The van der Waals surface area contributed by atoms with Gasteiger partial charge in [0.15, 0.2) is 0 Å². The van der Waals surface area contributed by atoms with Crippen molar-refractivity contribution >= 4 is 21.5 Å². The van der Waals surface area contributed by atoms with Gasteiger partial charge in [0.2, 0.25) is 0 Å². The molecule has 3 fully saturated rings. The molecule has 3 aliphatic rings. The highest BCUT2D eigenvalue weighted by Crippen LogP contribution is 2.47. The van der Waals surface area contributed by atoms with Gasteiger partial charge in [-0.3, -0.25) is 0 Å². The highest BCUT2D eigenvalue weighted by Gasteiger charge is 2.42. The first-order valence-electron chi connectivity index (χ1n) is 11.1. The minimum Gasteiger partial charge on any atom is -0.384 e. The van der Waals surface area contributed by atoms with Gasteiger partial charge in [-0.25, -0.2) is 0 Å². The molecular weight excluding hydrogens is 366 g/mol. The Kier molecular flexibility index (Phi) is 4.19. The van der Waals surface area contributed by atoms with Crippen LogP contribution in [0.15, 0.2) is 78.9 Å². The SMILES string of the molecule is OC(c1ccc2ccccc2c1)c1cc2ccccc2cc1C12CCN(CC1)CC2. The van der Waals surface area contributed by atoms with Crippen LogP contribution in [-0.2, 0) is 5.41 Å². The topological polar surface area (TPSA) is 23.5 Å². The van der Waals surface area contributed by atoms with Gasteiger partial charge in [0, 0.05) is 0 Å². The Morgan fingerprint density at radius 1 is 0.667 bits per heavy atom. The van der Waals surface area contributed by atoms with Crippen LogP contribution < -0.4 is 0 Å². The molecule has 1 N–H and O–H groups in total. The maximum Gasteiger partial charge on any atom is 0.104 e. The predicted octanol–water partition coefficient (Wildman–Crippen LogP) is 5.81. The summed E-state index contributed by atoms with van der Waals surface area (Å²) in [5.41, 5.74) is 3.65. The summed E-state index contributed by atoms with van der Waals surface area (Å²) in [5.74, 6) is 0. The van der Waals surface area contributed by atoms with Crippen molar-refractivity contribution in [3.8, 4) is 0 Å². The van der Waals surface area contributed by atoms with E-state index in [0.717, 1.165) is 11.1 Å².